The summed E-state index contributed by atoms with van der Waals surface area (Å²) in [4.78, 5) is 2.36. The molecule has 1 aliphatic heterocycles. The van der Waals surface area contributed by atoms with Gasteiger partial charge < -0.3 is 15.3 Å². The molecule has 0 saturated heterocycles. The SMILES string of the molecule is CN1CCCc2cc(CNCC3CCCC(O)C3)ccc21. The van der Waals surface area contributed by atoms with Crippen molar-refractivity contribution in [3.8, 4) is 0 Å². The van der Waals surface area contributed by atoms with Gasteiger partial charge in [0.05, 0.1) is 6.10 Å². The molecule has 21 heavy (non-hydrogen) atoms. The third kappa shape index (κ3) is 3.78. The summed E-state index contributed by atoms with van der Waals surface area (Å²) in [6.07, 6.45) is 6.82. The molecule has 0 radical (unpaired) electrons. The van der Waals surface area contributed by atoms with Crippen molar-refractivity contribution in [2.75, 3.05) is 25.0 Å². The molecule has 0 spiro atoms. The highest BCUT2D eigenvalue weighted by molar-refractivity contribution is 5.56. The van der Waals surface area contributed by atoms with Crippen molar-refractivity contribution in [3.05, 3.63) is 29.3 Å². The summed E-state index contributed by atoms with van der Waals surface area (Å²) < 4.78 is 0. The van der Waals surface area contributed by atoms with Crippen LogP contribution in [0.5, 0.6) is 0 Å². The van der Waals surface area contributed by atoms with Crippen LogP contribution < -0.4 is 10.2 Å². The topological polar surface area (TPSA) is 35.5 Å². The molecule has 1 aromatic carbocycles. The Balaban J connectivity index is 1.51. The van der Waals surface area contributed by atoms with E-state index in [1.54, 1.807) is 0 Å². The maximum Gasteiger partial charge on any atom is 0.0543 e. The van der Waals surface area contributed by atoms with Gasteiger partial charge >= 0.3 is 0 Å². The van der Waals surface area contributed by atoms with Crippen molar-refractivity contribution in [1.82, 2.24) is 5.32 Å². The molecule has 1 aromatic rings. The molecule has 3 nitrogen and oxygen atoms in total. The lowest BCUT2D eigenvalue weighted by Crippen LogP contribution is -2.29. The van der Waals surface area contributed by atoms with Crippen molar-refractivity contribution in [2.24, 2.45) is 5.92 Å². The van der Waals surface area contributed by atoms with Crippen LogP contribution in [0.1, 0.15) is 43.2 Å². The molecule has 0 bridgehead atoms. The minimum Gasteiger partial charge on any atom is -0.393 e. The average Bonchev–Trinajstić information content (AvgIpc) is 2.47. The van der Waals surface area contributed by atoms with Crippen LogP contribution in [-0.2, 0) is 13.0 Å². The first-order valence-corrected chi connectivity index (χ1v) is 8.44. The molecule has 0 amide bonds. The number of hydrogen-bond donors (Lipinski definition) is 2. The maximum atomic E-state index is 9.72. The summed E-state index contributed by atoms with van der Waals surface area (Å²) in [6.45, 7) is 3.16. The van der Waals surface area contributed by atoms with Gasteiger partial charge in [0.25, 0.3) is 0 Å². The summed E-state index contributed by atoms with van der Waals surface area (Å²) in [6, 6.07) is 6.90. The maximum absolute atomic E-state index is 9.72. The van der Waals surface area contributed by atoms with Crippen molar-refractivity contribution >= 4 is 5.69 Å². The van der Waals surface area contributed by atoms with Crippen LogP contribution in [-0.4, -0.2) is 31.3 Å². The van der Waals surface area contributed by atoms with Gasteiger partial charge in [-0.25, -0.2) is 0 Å². The Kier molecular flexibility index (Phi) is 4.81. The van der Waals surface area contributed by atoms with Crippen LogP contribution >= 0.6 is 0 Å². The summed E-state index contributed by atoms with van der Waals surface area (Å²) in [5, 5.41) is 13.3. The molecular formula is C18H28N2O. The van der Waals surface area contributed by atoms with E-state index in [4.69, 9.17) is 0 Å². The first kappa shape index (κ1) is 14.9. The smallest absolute Gasteiger partial charge is 0.0543 e. The van der Waals surface area contributed by atoms with Crippen LogP contribution in [0, 0.1) is 5.92 Å². The largest absolute Gasteiger partial charge is 0.393 e. The van der Waals surface area contributed by atoms with E-state index < -0.39 is 0 Å². The number of anilines is 1. The summed E-state index contributed by atoms with van der Waals surface area (Å²) in [5.41, 5.74) is 4.29. The second kappa shape index (κ2) is 6.80. The third-order valence-corrected chi connectivity index (χ3v) is 5.01. The molecule has 3 rings (SSSR count). The third-order valence-electron chi connectivity index (χ3n) is 5.01. The Hall–Kier alpha value is -1.06. The number of aryl methyl sites for hydroxylation is 1. The number of hydrogen-bond acceptors (Lipinski definition) is 3. The molecule has 116 valence electrons. The van der Waals surface area contributed by atoms with E-state index in [-0.39, 0.29) is 6.10 Å². The van der Waals surface area contributed by atoms with Gasteiger partial charge in [-0.3, -0.25) is 0 Å². The molecule has 1 saturated carbocycles. The van der Waals surface area contributed by atoms with E-state index >= 15 is 0 Å². The first-order valence-electron chi connectivity index (χ1n) is 8.44. The predicted molar refractivity (Wildman–Crippen MR) is 87.7 cm³/mol. The molecule has 2 aliphatic rings. The summed E-state index contributed by atoms with van der Waals surface area (Å²) in [5.74, 6) is 0.650. The van der Waals surface area contributed by atoms with Crippen molar-refractivity contribution in [2.45, 2.75) is 51.2 Å². The van der Waals surface area contributed by atoms with Crippen LogP contribution in [0.25, 0.3) is 0 Å². The normalized spacial score (nSPS) is 25.7. The molecule has 3 heteroatoms. The molecule has 2 unspecified atom stereocenters. The fraction of sp³-hybridized carbons (Fsp3) is 0.667. The zero-order chi connectivity index (χ0) is 14.7. The highest BCUT2D eigenvalue weighted by Gasteiger charge is 2.19. The van der Waals surface area contributed by atoms with Gasteiger partial charge in [-0.05, 0) is 61.8 Å². The molecular weight excluding hydrogens is 260 g/mol. The Morgan fingerprint density at radius 1 is 1.29 bits per heavy atom. The van der Waals surface area contributed by atoms with Gasteiger partial charge in [-0.2, -0.15) is 0 Å². The zero-order valence-electron chi connectivity index (χ0n) is 13.1. The minimum atomic E-state index is -0.0650. The molecule has 1 fully saturated rings. The van der Waals surface area contributed by atoms with E-state index in [0.29, 0.717) is 5.92 Å². The van der Waals surface area contributed by atoms with Gasteiger partial charge in [-0.1, -0.05) is 18.6 Å². The van der Waals surface area contributed by atoms with Crippen LogP contribution in [0.3, 0.4) is 0 Å². The van der Waals surface area contributed by atoms with Gasteiger partial charge in [0.2, 0.25) is 0 Å². The molecule has 1 heterocycles. The van der Waals surface area contributed by atoms with Crippen LogP contribution in [0.4, 0.5) is 5.69 Å². The lowest BCUT2D eigenvalue weighted by Gasteiger charge is -2.28. The number of benzene rings is 1. The van der Waals surface area contributed by atoms with Crippen LogP contribution in [0.15, 0.2) is 18.2 Å². The minimum absolute atomic E-state index is 0.0650. The lowest BCUT2D eigenvalue weighted by atomic mass is 9.87. The lowest BCUT2D eigenvalue weighted by molar-refractivity contribution is 0.101. The molecule has 2 N–H and O–H groups in total. The van der Waals surface area contributed by atoms with Crippen molar-refractivity contribution < 1.29 is 5.11 Å². The number of aliphatic hydroxyl groups is 1. The van der Waals surface area contributed by atoms with E-state index in [9.17, 15) is 5.11 Å². The van der Waals surface area contributed by atoms with E-state index in [0.717, 1.165) is 25.9 Å². The summed E-state index contributed by atoms with van der Waals surface area (Å²) in [7, 11) is 2.18. The zero-order valence-corrected chi connectivity index (χ0v) is 13.1. The Morgan fingerprint density at radius 2 is 2.19 bits per heavy atom. The quantitative estimate of drug-likeness (QED) is 0.894. The van der Waals surface area contributed by atoms with Gasteiger partial charge in [-0.15, -0.1) is 0 Å². The number of aliphatic hydroxyl groups excluding tert-OH is 1. The predicted octanol–water partition coefficient (Wildman–Crippen LogP) is 2.71. The van der Waals surface area contributed by atoms with Gasteiger partial charge in [0, 0.05) is 25.8 Å². The fourth-order valence-corrected chi connectivity index (χ4v) is 3.82. The van der Waals surface area contributed by atoms with Crippen molar-refractivity contribution in [1.29, 1.82) is 0 Å². The highest BCUT2D eigenvalue weighted by Crippen LogP contribution is 2.27. The van der Waals surface area contributed by atoms with Crippen molar-refractivity contribution in [3.63, 3.8) is 0 Å². The Labute approximate surface area is 128 Å². The molecule has 2 atom stereocenters. The number of nitrogens with one attached hydrogen (secondary N) is 1. The second-order valence-electron chi connectivity index (χ2n) is 6.81. The Bertz CT molecular complexity index is 474. The van der Waals surface area contributed by atoms with Crippen LogP contribution in [0.2, 0.25) is 0 Å². The number of rotatable bonds is 4. The van der Waals surface area contributed by atoms with E-state index in [1.807, 2.05) is 0 Å². The summed E-state index contributed by atoms with van der Waals surface area (Å²) >= 11 is 0. The van der Waals surface area contributed by atoms with E-state index in [2.05, 4.69) is 35.5 Å². The first-order chi connectivity index (χ1) is 10.2. The Morgan fingerprint density at radius 3 is 3.05 bits per heavy atom. The van der Waals surface area contributed by atoms with Gasteiger partial charge in [0.1, 0.15) is 0 Å². The van der Waals surface area contributed by atoms with E-state index in [1.165, 1.54) is 49.0 Å². The standard InChI is InChI=1S/C18H28N2O/c1-20-9-3-5-16-10-15(7-8-18(16)20)13-19-12-14-4-2-6-17(21)11-14/h7-8,10,14,17,19,21H,2-6,9,11-13H2,1H3. The number of nitrogens with zero attached hydrogens (tertiary/aromatic N) is 1. The average molecular weight is 288 g/mol. The molecule has 0 aromatic heterocycles. The highest BCUT2D eigenvalue weighted by atomic mass is 16.3. The number of fused-ring (bicyclic) bond motifs is 1. The fourth-order valence-electron chi connectivity index (χ4n) is 3.82. The van der Waals surface area contributed by atoms with Gasteiger partial charge in [0.15, 0.2) is 0 Å². The monoisotopic (exact) mass is 288 g/mol. The second-order valence-corrected chi connectivity index (χ2v) is 6.81. The molecule has 1 aliphatic carbocycles.